The van der Waals surface area contributed by atoms with E-state index < -0.39 is 11.0 Å². The van der Waals surface area contributed by atoms with E-state index in [4.69, 9.17) is 21.4 Å². The number of ether oxygens (including phenoxy) is 1. The number of amides is 1. The normalized spacial score (nSPS) is 9.83. The highest BCUT2D eigenvalue weighted by atomic mass is 35.5. The van der Waals surface area contributed by atoms with Crippen molar-refractivity contribution in [2.75, 3.05) is 13.2 Å². The van der Waals surface area contributed by atoms with Crippen molar-refractivity contribution in [2.24, 2.45) is 0 Å². The number of hydrogen-bond donors (Lipinski definition) is 2. The first-order valence-electron chi connectivity index (χ1n) is 4.91. The third-order valence-electron chi connectivity index (χ3n) is 1.84. The summed E-state index contributed by atoms with van der Waals surface area (Å²) in [6, 6.07) is 2.48. The average molecular weight is 276 g/mol. The van der Waals surface area contributed by atoms with Crippen molar-refractivity contribution in [3.8, 4) is 5.88 Å². The zero-order valence-electron chi connectivity index (χ0n) is 9.13. The number of rotatable bonds is 6. The van der Waals surface area contributed by atoms with Gasteiger partial charge in [-0.3, -0.25) is 10.1 Å². The molecule has 98 valence electrons. The maximum atomic E-state index is 10.7. The molecule has 0 spiro atoms. The molecule has 1 aromatic heterocycles. The van der Waals surface area contributed by atoms with Crippen LogP contribution in [0.3, 0.4) is 0 Å². The van der Waals surface area contributed by atoms with Gasteiger partial charge in [-0.1, -0.05) is 11.6 Å². The number of carbonyl (C=O) groups is 1. The van der Waals surface area contributed by atoms with E-state index in [9.17, 15) is 14.9 Å². The number of nitrogens with zero attached hydrogens (tertiary/aromatic N) is 2. The van der Waals surface area contributed by atoms with Crippen molar-refractivity contribution < 1.29 is 19.6 Å². The minimum Gasteiger partial charge on any atom is -0.473 e. The molecule has 0 fully saturated rings. The molecule has 0 aliphatic heterocycles. The second kappa shape index (κ2) is 6.60. The second-order valence-electron chi connectivity index (χ2n) is 3.15. The van der Waals surface area contributed by atoms with Crippen molar-refractivity contribution in [3.05, 3.63) is 27.4 Å². The highest BCUT2D eigenvalue weighted by Crippen LogP contribution is 2.26. The Labute approximate surface area is 107 Å². The van der Waals surface area contributed by atoms with Crippen LogP contribution in [0.4, 0.5) is 10.5 Å². The molecule has 1 heterocycles. The lowest BCUT2D eigenvalue weighted by atomic mass is 10.4. The van der Waals surface area contributed by atoms with Gasteiger partial charge >= 0.3 is 11.8 Å². The minimum atomic E-state index is -1.14. The van der Waals surface area contributed by atoms with Gasteiger partial charge in [-0.05, 0) is 12.5 Å². The lowest BCUT2D eigenvalue weighted by molar-refractivity contribution is -0.386. The molecule has 0 aliphatic carbocycles. The third kappa shape index (κ3) is 4.42. The molecule has 0 atom stereocenters. The van der Waals surface area contributed by atoms with Gasteiger partial charge in [0.25, 0.3) is 5.88 Å². The maximum absolute atomic E-state index is 10.7. The third-order valence-corrected chi connectivity index (χ3v) is 2.05. The number of halogens is 1. The number of carboxylic acid groups (broad SMARTS) is 1. The number of pyridine rings is 1. The van der Waals surface area contributed by atoms with E-state index in [0.717, 1.165) is 0 Å². The Morgan fingerprint density at radius 3 is 2.94 bits per heavy atom. The van der Waals surface area contributed by atoms with E-state index in [0.29, 0.717) is 6.42 Å². The van der Waals surface area contributed by atoms with Crippen LogP contribution in [0.5, 0.6) is 5.88 Å². The van der Waals surface area contributed by atoms with Gasteiger partial charge in [0.05, 0.1) is 11.5 Å². The monoisotopic (exact) mass is 275 g/mol. The fourth-order valence-corrected chi connectivity index (χ4v) is 1.23. The Hall–Kier alpha value is -2.09. The predicted molar refractivity (Wildman–Crippen MR) is 62.0 cm³/mol. The Bertz CT molecular complexity index is 454. The molecule has 1 amide bonds. The smallest absolute Gasteiger partial charge is 0.404 e. The van der Waals surface area contributed by atoms with Crippen LogP contribution in [-0.4, -0.2) is 34.3 Å². The fraction of sp³-hybridized carbons (Fsp3) is 0.333. The van der Waals surface area contributed by atoms with Crippen LogP contribution in [0.25, 0.3) is 0 Å². The maximum Gasteiger partial charge on any atom is 0.404 e. The molecule has 1 aromatic rings. The lowest BCUT2D eigenvalue weighted by Crippen LogP contribution is -2.23. The summed E-state index contributed by atoms with van der Waals surface area (Å²) in [4.78, 5) is 23.9. The summed E-state index contributed by atoms with van der Waals surface area (Å²) in [6.45, 7) is 0.276. The highest BCUT2D eigenvalue weighted by molar-refractivity contribution is 6.29. The molecular formula is C9H10ClN3O5. The van der Waals surface area contributed by atoms with Crippen molar-refractivity contribution in [2.45, 2.75) is 6.42 Å². The molecule has 0 saturated carbocycles. The van der Waals surface area contributed by atoms with Crippen LogP contribution < -0.4 is 10.1 Å². The Morgan fingerprint density at radius 2 is 2.33 bits per heavy atom. The van der Waals surface area contributed by atoms with E-state index in [-0.39, 0.29) is 29.9 Å². The van der Waals surface area contributed by atoms with E-state index >= 15 is 0 Å². The van der Waals surface area contributed by atoms with Crippen LogP contribution >= 0.6 is 11.6 Å². The number of nitrogens with one attached hydrogen (secondary N) is 1. The van der Waals surface area contributed by atoms with Gasteiger partial charge in [0.2, 0.25) is 0 Å². The van der Waals surface area contributed by atoms with Crippen LogP contribution in [-0.2, 0) is 0 Å². The first-order valence-corrected chi connectivity index (χ1v) is 5.29. The summed E-state index contributed by atoms with van der Waals surface area (Å²) in [5, 5.41) is 21.2. The molecular weight excluding hydrogens is 266 g/mol. The van der Waals surface area contributed by atoms with E-state index in [1.807, 2.05) is 0 Å². The van der Waals surface area contributed by atoms with Crippen molar-refractivity contribution in [1.29, 1.82) is 0 Å². The SMILES string of the molecule is O=C(O)NCCCOc1nc(Cl)ccc1[N+](=O)[O-]. The first kappa shape index (κ1) is 14.0. The molecule has 8 nitrogen and oxygen atoms in total. The van der Waals surface area contributed by atoms with Gasteiger partial charge in [-0.15, -0.1) is 0 Å². The Balaban J connectivity index is 2.53. The molecule has 0 unspecified atom stereocenters. The molecule has 0 saturated heterocycles. The molecule has 0 aliphatic rings. The topological polar surface area (TPSA) is 115 Å². The van der Waals surface area contributed by atoms with Crippen molar-refractivity contribution >= 4 is 23.4 Å². The quantitative estimate of drug-likeness (QED) is 0.353. The average Bonchev–Trinajstić information content (AvgIpc) is 2.27. The Kier molecular flexibility index (Phi) is 5.12. The van der Waals surface area contributed by atoms with Gasteiger partial charge in [0.15, 0.2) is 0 Å². The Morgan fingerprint density at radius 1 is 1.61 bits per heavy atom. The minimum absolute atomic E-state index is 0.0826. The van der Waals surface area contributed by atoms with Crippen LogP contribution in [0.1, 0.15) is 6.42 Å². The summed E-state index contributed by atoms with van der Waals surface area (Å²) < 4.78 is 5.09. The largest absolute Gasteiger partial charge is 0.473 e. The molecule has 1 rings (SSSR count). The van der Waals surface area contributed by atoms with E-state index in [1.165, 1.54) is 12.1 Å². The molecule has 0 radical (unpaired) electrons. The molecule has 0 aromatic carbocycles. The molecule has 0 bridgehead atoms. The van der Waals surface area contributed by atoms with Gasteiger partial charge in [-0.2, -0.15) is 4.98 Å². The van der Waals surface area contributed by atoms with E-state index in [1.54, 1.807) is 0 Å². The lowest BCUT2D eigenvalue weighted by Gasteiger charge is -2.05. The van der Waals surface area contributed by atoms with Crippen LogP contribution in [0.15, 0.2) is 12.1 Å². The standard InChI is InChI=1S/C9H10ClN3O5/c10-7-3-2-6(13(16)17)8(12-7)18-5-1-4-11-9(14)15/h2-3,11H,1,4-5H2,(H,14,15). The summed E-state index contributed by atoms with van der Waals surface area (Å²) in [6.07, 6.45) is -0.778. The van der Waals surface area contributed by atoms with Gasteiger partial charge in [0.1, 0.15) is 5.15 Å². The zero-order chi connectivity index (χ0) is 13.5. The molecule has 2 N–H and O–H groups in total. The summed E-state index contributed by atoms with van der Waals surface area (Å²) in [5.41, 5.74) is -0.286. The zero-order valence-corrected chi connectivity index (χ0v) is 9.88. The summed E-state index contributed by atoms with van der Waals surface area (Å²) >= 11 is 5.60. The fourth-order valence-electron chi connectivity index (χ4n) is 1.09. The van der Waals surface area contributed by atoms with Gasteiger partial charge in [-0.25, -0.2) is 4.79 Å². The highest BCUT2D eigenvalue weighted by Gasteiger charge is 2.17. The summed E-state index contributed by atoms with van der Waals surface area (Å²) in [5.74, 6) is -0.178. The summed E-state index contributed by atoms with van der Waals surface area (Å²) in [7, 11) is 0. The number of nitro groups is 1. The molecule has 18 heavy (non-hydrogen) atoms. The first-order chi connectivity index (χ1) is 8.50. The van der Waals surface area contributed by atoms with E-state index in [2.05, 4.69) is 10.3 Å². The van der Waals surface area contributed by atoms with Crippen molar-refractivity contribution in [3.63, 3.8) is 0 Å². The number of aromatic nitrogens is 1. The molecule has 9 heteroatoms. The van der Waals surface area contributed by atoms with Gasteiger partial charge < -0.3 is 15.2 Å². The van der Waals surface area contributed by atoms with Gasteiger partial charge in [0, 0.05) is 12.6 Å². The van der Waals surface area contributed by atoms with Crippen LogP contribution in [0, 0.1) is 10.1 Å². The second-order valence-corrected chi connectivity index (χ2v) is 3.54. The number of hydrogen-bond acceptors (Lipinski definition) is 5. The van der Waals surface area contributed by atoms with Crippen LogP contribution in [0.2, 0.25) is 5.15 Å². The predicted octanol–water partition coefficient (Wildman–Crippen LogP) is 1.68. The van der Waals surface area contributed by atoms with Crippen molar-refractivity contribution in [1.82, 2.24) is 10.3 Å².